The average molecular weight is 335 g/mol. The molecule has 2 aromatic rings. The van der Waals surface area contributed by atoms with Crippen LogP contribution in [0.4, 0.5) is 0 Å². The normalized spacial score (nSPS) is 11.9. The van der Waals surface area contributed by atoms with Crippen LogP contribution < -0.4 is 14.8 Å². The lowest BCUT2D eigenvalue weighted by molar-refractivity contribution is 0.0942. The highest BCUT2D eigenvalue weighted by atomic mass is 32.1. The van der Waals surface area contributed by atoms with Crippen molar-refractivity contribution in [1.29, 1.82) is 0 Å². The molecule has 1 heterocycles. The summed E-state index contributed by atoms with van der Waals surface area (Å²) in [6, 6.07) is 3.63. The summed E-state index contributed by atoms with van der Waals surface area (Å²) >= 11 is 1.12. The highest BCUT2D eigenvalue weighted by Gasteiger charge is 2.20. The highest BCUT2D eigenvalue weighted by molar-refractivity contribution is 7.08. The predicted octanol–water partition coefficient (Wildman–Crippen LogP) is 2.92. The van der Waals surface area contributed by atoms with Gasteiger partial charge in [0.25, 0.3) is 5.91 Å². The number of hydrogen-bond acceptors (Lipinski definition) is 6. The quantitative estimate of drug-likeness (QED) is 0.878. The molecule has 1 N–H and O–H groups in total. The predicted molar refractivity (Wildman–Crippen MR) is 89.5 cm³/mol. The van der Waals surface area contributed by atoms with Gasteiger partial charge in [-0.2, -0.15) is 0 Å². The maximum absolute atomic E-state index is 12.4. The van der Waals surface area contributed by atoms with Crippen molar-refractivity contribution < 1.29 is 14.3 Å². The Morgan fingerprint density at radius 2 is 1.96 bits per heavy atom. The smallest absolute Gasteiger partial charge is 0.265 e. The minimum atomic E-state index is -0.172. The van der Waals surface area contributed by atoms with Gasteiger partial charge in [-0.3, -0.25) is 4.79 Å². The molecule has 7 heteroatoms. The minimum Gasteiger partial charge on any atom is -0.493 e. The van der Waals surface area contributed by atoms with Crippen molar-refractivity contribution >= 4 is 17.4 Å². The molecule has 0 aliphatic carbocycles. The molecule has 0 bridgehead atoms. The third-order valence-corrected chi connectivity index (χ3v) is 4.45. The summed E-state index contributed by atoms with van der Waals surface area (Å²) in [4.78, 5) is 13.0. The van der Waals surface area contributed by atoms with Crippen molar-refractivity contribution in [3.8, 4) is 11.5 Å². The van der Waals surface area contributed by atoms with Gasteiger partial charge in [0.15, 0.2) is 11.5 Å². The minimum absolute atomic E-state index is 0.154. The molecule has 1 amide bonds. The molecule has 0 saturated heterocycles. The van der Waals surface area contributed by atoms with Gasteiger partial charge >= 0.3 is 0 Å². The molecule has 0 aliphatic rings. The van der Waals surface area contributed by atoms with Crippen molar-refractivity contribution in [2.24, 2.45) is 0 Å². The molecule has 0 saturated carbocycles. The van der Waals surface area contributed by atoms with Gasteiger partial charge in [-0.05, 0) is 55.1 Å². The molecule has 6 nitrogen and oxygen atoms in total. The summed E-state index contributed by atoms with van der Waals surface area (Å²) in [5.41, 5.74) is 2.73. The number of ether oxygens (including phenoxy) is 2. The van der Waals surface area contributed by atoms with Gasteiger partial charge < -0.3 is 14.8 Å². The van der Waals surface area contributed by atoms with Crippen LogP contribution in [0.15, 0.2) is 12.1 Å². The summed E-state index contributed by atoms with van der Waals surface area (Å²) in [5.74, 6) is 1.16. The Bertz CT molecular complexity index is 700. The van der Waals surface area contributed by atoms with E-state index in [-0.39, 0.29) is 11.9 Å². The van der Waals surface area contributed by atoms with Crippen LogP contribution in [0.25, 0.3) is 0 Å². The molecule has 124 valence electrons. The average Bonchev–Trinajstić information content (AvgIpc) is 3.02. The van der Waals surface area contributed by atoms with Crippen LogP contribution in [-0.2, 0) is 6.42 Å². The Morgan fingerprint density at radius 3 is 2.57 bits per heavy atom. The lowest BCUT2D eigenvalue weighted by Crippen LogP contribution is -2.27. The Kier molecular flexibility index (Phi) is 5.54. The van der Waals surface area contributed by atoms with E-state index in [0.29, 0.717) is 22.8 Å². The first kappa shape index (κ1) is 17.2. The first-order chi connectivity index (χ1) is 11.0. The zero-order valence-corrected chi connectivity index (χ0v) is 14.8. The van der Waals surface area contributed by atoms with Crippen molar-refractivity contribution in [1.82, 2.24) is 14.9 Å². The van der Waals surface area contributed by atoms with Gasteiger partial charge in [0.1, 0.15) is 4.88 Å². The van der Waals surface area contributed by atoms with Crippen LogP contribution in [0, 0.1) is 6.92 Å². The summed E-state index contributed by atoms with van der Waals surface area (Å²) < 4.78 is 14.5. The third kappa shape index (κ3) is 3.61. The van der Waals surface area contributed by atoms with Crippen molar-refractivity contribution in [3.63, 3.8) is 0 Å². The maximum Gasteiger partial charge on any atom is 0.265 e. The van der Waals surface area contributed by atoms with E-state index >= 15 is 0 Å². The van der Waals surface area contributed by atoms with E-state index in [1.165, 1.54) is 0 Å². The van der Waals surface area contributed by atoms with Crippen LogP contribution in [0.3, 0.4) is 0 Å². The first-order valence-corrected chi connectivity index (χ1v) is 8.13. The van der Waals surface area contributed by atoms with E-state index in [2.05, 4.69) is 14.9 Å². The summed E-state index contributed by atoms with van der Waals surface area (Å²) in [7, 11) is 3.20. The molecule has 23 heavy (non-hydrogen) atoms. The largest absolute Gasteiger partial charge is 0.493 e. The zero-order valence-electron chi connectivity index (χ0n) is 14.0. The van der Waals surface area contributed by atoms with Gasteiger partial charge in [0.2, 0.25) is 0 Å². The van der Waals surface area contributed by atoms with Crippen molar-refractivity contribution in [3.05, 3.63) is 33.8 Å². The summed E-state index contributed by atoms with van der Waals surface area (Å²) in [5, 5.41) is 6.97. The molecule has 0 fully saturated rings. The highest BCUT2D eigenvalue weighted by Crippen LogP contribution is 2.33. The molecule has 0 spiro atoms. The number of methoxy groups -OCH3 is 2. The van der Waals surface area contributed by atoms with Crippen LogP contribution >= 0.6 is 11.5 Å². The number of aryl methyl sites for hydroxylation is 2. The molecule has 0 unspecified atom stereocenters. The fourth-order valence-electron chi connectivity index (χ4n) is 2.42. The van der Waals surface area contributed by atoms with Crippen LogP contribution in [0.1, 0.15) is 46.4 Å². The maximum atomic E-state index is 12.4. The number of amides is 1. The molecule has 0 aliphatic heterocycles. The van der Waals surface area contributed by atoms with Gasteiger partial charge in [-0.25, -0.2) is 0 Å². The van der Waals surface area contributed by atoms with Gasteiger partial charge in [0.05, 0.1) is 26.0 Å². The fraction of sp³-hybridized carbons (Fsp3) is 0.438. The summed E-state index contributed by atoms with van der Waals surface area (Å²) in [6.45, 7) is 5.87. The topological polar surface area (TPSA) is 73.3 Å². The molecular formula is C16H21N3O3S. The number of aromatic nitrogens is 2. The van der Waals surface area contributed by atoms with Crippen LogP contribution in [0.2, 0.25) is 0 Å². The van der Waals surface area contributed by atoms with Gasteiger partial charge in [-0.15, -0.1) is 5.10 Å². The second kappa shape index (κ2) is 7.41. The number of carbonyl (C=O) groups excluding carboxylic acids is 1. The molecule has 1 atom stereocenters. The van der Waals surface area contributed by atoms with Gasteiger partial charge in [0, 0.05) is 0 Å². The number of nitrogens with zero attached hydrogens (tertiary/aromatic N) is 2. The molecule has 0 radical (unpaired) electrons. The van der Waals surface area contributed by atoms with E-state index in [1.54, 1.807) is 14.2 Å². The van der Waals surface area contributed by atoms with E-state index in [0.717, 1.165) is 28.4 Å². The number of benzene rings is 1. The number of carbonyl (C=O) groups is 1. The molecule has 1 aromatic carbocycles. The Balaban J connectivity index is 2.23. The van der Waals surface area contributed by atoms with Crippen LogP contribution in [-0.4, -0.2) is 29.7 Å². The number of nitrogens with one attached hydrogen (secondary N) is 1. The van der Waals surface area contributed by atoms with E-state index in [9.17, 15) is 4.79 Å². The number of rotatable bonds is 6. The SMILES string of the molecule is CCc1nnsc1C(=O)N[C@@H](C)c1cc(OC)c(OC)cc1C. The second-order valence-electron chi connectivity index (χ2n) is 5.16. The Hall–Kier alpha value is -2.15. The Labute approximate surface area is 140 Å². The third-order valence-electron chi connectivity index (χ3n) is 3.68. The summed E-state index contributed by atoms with van der Waals surface area (Å²) in [6.07, 6.45) is 0.684. The first-order valence-electron chi connectivity index (χ1n) is 7.36. The van der Waals surface area contributed by atoms with E-state index in [1.807, 2.05) is 32.9 Å². The zero-order chi connectivity index (χ0) is 17.0. The van der Waals surface area contributed by atoms with E-state index < -0.39 is 0 Å². The van der Waals surface area contributed by atoms with Crippen molar-refractivity contribution in [2.75, 3.05) is 14.2 Å². The molecule has 2 rings (SSSR count). The van der Waals surface area contributed by atoms with Crippen LogP contribution in [0.5, 0.6) is 11.5 Å². The molecule has 1 aromatic heterocycles. The number of hydrogen-bond donors (Lipinski definition) is 1. The van der Waals surface area contributed by atoms with Gasteiger partial charge in [-0.1, -0.05) is 11.4 Å². The molecular weight excluding hydrogens is 314 g/mol. The standard InChI is InChI=1S/C16H21N3O3S/c1-6-12-15(23-19-18-12)16(20)17-10(3)11-8-14(22-5)13(21-4)7-9(11)2/h7-8,10H,6H2,1-5H3,(H,17,20)/t10-/m0/s1. The monoisotopic (exact) mass is 335 g/mol. The second-order valence-corrected chi connectivity index (χ2v) is 5.92. The fourth-order valence-corrected chi connectivity index (χ4v) is 3.07. The lowest BCUT2D eigenvalue weighted by atomic mass is 10.0. The Morgan fingerprint density at radius 1 is 1.30 bits per heavy atom. The van der Waals surface area contributed by atoms with E-state index in [4.69, 9.17) is 9.47 Å². The lowest BCUT2D eigenvalue weighted by Gasteiger charge is -2.19. The van der Waals surface area contributed by atoms with Crippen molar-refractivity contribution in [2.45, 2.75) is 33.2 Å².